The lowest BCUT2D eigenvalue weighted by atomic mass is 10.1. The summed E-state index contributed by atoms with van der Waals surface area (Å²) in [6, 6.07) is 16.2. The minimum atomic E-state index is 0.227. The van der Waals surface area contributed by atoms with Gasteiger partial charge in [-0.25, -0.2) is 0 Å². The predicted octanol–water partition coefficient (Wildman–Crippen LogP) is 5.33. The molecule has 0 aliphatic rings. The molecule has 0 bridgehead atoms. The van der Waals surface area contributed by atoms with Crippen molar-refractivity contribution in [2.75, 3.05) is 0 Å². The van der Waals surface area contributed by atoms with E-state index >= 15 is 0 Å². The summed E-state index contributed by atoms with van der Waals surface area (Å²) < 4.78 is 0. The molecular formula is C17H16Cl2N2. The number of halogens is 2. The summed E-state index contributed by atoms with van der Waals surface area (Å²) in [6.45, 7) is 2.82. The number of aromatic nitrogens is 1. The minimum Gasteiger partial charge on any atom is -0.356 e. The Kier molecular flexibility index (Phi) is 4.20. The molecule has 21 heavy (non-hydrogen) atoms. The quantitative estimate of drug-likeness (QED) is 0.669. The Morgan fingerprint density at radius 2 is 1.76 bits per heavy atom. The number of fused-ring (bicyclic) bond motifs is 1. The largest absolute Gasteiger partial charge is 0.356 e. The summed E-state index contributed by atoms with van der Waals surface area (Å²) in [7, 11) is 0. The molecule has 2 nitrogen and oxygen atoms in total. The van der Waals surface area contributed by atoms with E-state index in [4.69, 9.17) is 23.2 Å². The Labute approximate surface area is 134 Å². The van der Waals surface area contributed by atoms with Crippen molar-refractivity contribution in [2.24, 2.45) is 0 Å². The van der Waals surface area contributed by atoms with Crippen molar-refractivity contribution in [3.05, 3.63) is 69.8 Å². The molecule has 1 heterocycles. The van der Waals surface area contributed by atoms with Gasteiger partial charge in [-0.15, -0.1) is 0 Å². The molecule has 0 aliphatic heterocycles. The highest BCUT2D eigenvalue weighted by Crippen LogP contribution is 2.27. The zero-order chi connectivity index (χ0) is 14.8. The maximum absolute atomic E-state index is 6.42. The van der Waals surface area contributed by atoms with Crippen molar-refractivity contribution in [1.82, 2.24) is 10.3 Å². The highest BCUT2D eigenvalue weighted by atomic mass is 35.5. The summed E-state index contributed by atoms with van der Waals surface area (Å²) in [5.74, 6) is 0. The van der Waals surface area contributed by atoms with E-state index < -0.39 is 0 Å². The van der Waals surface area contributed by atoms with E-state index in [2.05, 4.69) is 17.2 Å². The Balaban J connectivity index is 1.74. The molecule has 4 heteroatoms. The van der Waals surface area contributed by atoms with E-state index in [0.29, 0.717) is 6.54 Å². The van der Waals surface area contributed by atoms with E-state index in [1.807, 2.05) is 48.5 Å². The average Bonchev–Trinajstić information content (AvgIpc) is 2.82. The standard InChI is InChI=1S/C17H16Cl2N2/c1-11(12-6-8-13(18)9-7-12)20-10-16-17(19)14-4-2-3-5-15(14)21-16/h2-9,11,20-21H,10H2,1H3. The molecule has 0 spiro atoms. The van der Waals surface area contributed by atoms with Gasteiger partial charge in [0.15, 0.2) is 0 Å². The first-order chi connectivity index (χ1) is 10.1. The summed E-state index contributed by atoms with van der Waals surface area (Å²) >= 11 is 12.3. The molecule has 0 fully saturated rings. The van der Waals surface area contributed by atoms with Crippen LogP contribution >= 0.6 is 23.2 Å². The minimum absolute atomic E-state index is 0.227. The number of rotatable bonds is 4. The van der Waals surface area contributed by atoms with Gasteiger partial charge in [0.2, 0.25) is 0 Å². The van der Waals surface area contributed by atoms with Gasteiger partial charge in [0.05, 0.1) is 5.02 Å². The number of aromatic amines is 1. The second kappa shape index (κ2) is 6.10. The fourth-order valence-corrected chi connectivity index (χ4v) is 2.81. The third-order valence-corrected chi connectivity index (χ3v) is 4.35. The van der Waals surface area contributed by atoms with Crippen molar-refractivity contribution in [1.29, 1.82) is 0 Å². The van der Waals surface area contributed by atoms with Crippen LogP contribution in [-0.2, 0) is 6.54 Å². The van der Waals surface area contributed by atoms with Crippen LogP contribution in [0.1, 0.15) is 24.2 Å². The number of hydrogen-bond donors (Lipinski definition) is 2. The first kappa shape index (κ1) is 14.5. The van der Waals surface area contributed by atoms with Crippen LogP contribution in [0, 0.1) is 0 Å². The van der Waals surface area contributed by atoms with Gasteiger partial charge in [-0.2, -0.15) is 0 Å². The molecule has 0 amide bonds. The van der Waals surface area contributed by atoms with Crippen LogP contribution < -0.4 is 5.32 Å². The zero-order valence-electron chi connectivity index (χ0n) is 11.7. The van der Waals surface area contributed by atoms with E-state index in [9.17, 15) is 0 Å². The van der Waals surface area contributed by atoms with Crippen LogP contribution in [0.4, 0.5) is 0 Å². The van der Waals surface area contributed by atoms with E-state index in [1.165, 1.54) is 5.56 Å². The van der Waals surface area contributed by atoms with Gasteiger partial charge in [0, 0.05) is 34.2 Å². The Morgan fingerprint density at radius 3 is 2.48 bits per heavy atom. The van der Waals surface area contributed by atoms with Gasteiger partial charge in [-0.05, 0) is 30.7 Å². The van der Waals surface area contributed by atoms with Crippen molar-refractivity contribution < 1.29 is 0 Å². The molecule has 0 saturated heterocycles. The second-order valence-electron chi connectivity index (χ2n) is 5.12. The number of hydrogen-bond acceptors (Lipinski definition) is 1. The summed E-state index contributed by atoms with van der Waals surface area (Å²) in [4.78, 5) is 3.36. The van der Waals surface area contributed by atoms with Crippen LogP contribution in [0.3, 0.4) is 0 Å². The molecule has 1 aromatic heterocycles. The van der Waals surface area contributed by atoms with Gasteiger partial charge in [-0.3, -0.25) is 0 Å². The first-order valence-electron chi connectivity index (χ1n) is 6.89. The maximum Gasteiger partial charge on any atom is 0.0705 e. The number of H-pyrrole nitrogens is 1. The van der Waals surface area contributed by atoms with Crippen LogP contribution in [0.15, 0.2) is 48.5 Å². The molecule has 0 aliphatic carbocycles. The Morgan fingerprint density at radius 1 is 1.05 bits per heavy atom. The molecular weight excluding hydrogens is 303 g/mol. The van der Waals surface area contributed by atoms with Gasteiger partial charge in [0.1, 0.15) is 0 Å². The number of nitrogens with one attached hydrogen (secondary N) is 2. The fourth-order valence-electron chi connectivity index (χ4n) is 2.41. The van der Waals surface area contributed by atoms with Gasteiger partial charge >= 0.3 is 0 Å². The van der Waals surface area contributed by atoms with E-state index in [0.717, 1.165) is 26.6 Å². The van der Waals surface area contributed by atoms with Crippen LogP contribution in [0.5, 0.6) is 0 Å². The molecule has 2 N–H and O–H groups in total. The number of para-hydroxylation sites is 1. The van der Waals surface area contributed by atoms with Crippen molar-refractivity contribution >= 4 is 34.1 Å². The molecule has 0 saturated carbocycles. The molecule has 3 rings (SSSR count). The van der Waals surface area contributed by atoms with E-state index in [-0.39, 0.29) is 6.04 Å². The van der Waals surface area contributed by atoms with Crippen molar-refractivity contribution in [2.45, 2.75) is 19.5 Å². The first-order valence-corrected chi connectivity index (χ1v) is 7.64. The van der Waals surface area contributed by atoms with E-state index in [1.54, 1.807) is 0 Å². The molecule has 3 aromatic rings. The zero-order valence-corrected chi connectivity index (χ0v) is 13.2. The monoisotopic (exact) mass is 318 g/mol. The second-order valence-corrected chi connectivity index (χ2v) is 5.93. The molecule has 108 valence electrons. The highest BCUT2D eigenvalue weighted by molar-refractivity contribution is 6.36. The van der Waals surface area contributed by atoms with Crippen molar-refractivity contribution in [3.63, 3.8) is 0 Å². The lowest BCUT2D eigenvalue weighted by Crippen LogP contribution is -2.18. The molecule has 2 aromatic carbocycles. The van der Waals surface area contributed by atoms with Crippen LogP contribution in [0.25, 0.3) is 10.9 Å². The molecule has 1 atom stereocenters. The fraction of sp³-hybridized carbons (Fsp3) is 0.176. The normalized spacial score (nSPS) is 12.7. The van der Waals surface area contributed by atoms with Gasteiger partial charge < -0.3 is 10.3 Å². The Bertz CT molecular complexity index is 747. The Hall–Kier alpha value is -1.48. The maximum atomic E-state index is 6.42. The average molecular weight is 319 g/mol. The lowest BCUT2D eigenvalue weighted by Gasteiger charge is -2.14. The van der Waals surface area contributed by atoms with Crippen LogP contribution in [-0.4, -0.2) is 4.98 Å². The summed E-state index contributed by atoms with van der Waals surface area (Å²) in [5.41, 5.74) is 3.28. The molecule has 0 radical (unpaired) electrons. The van der Waals surface area contributed by atoms with Gasteiger partial charge in [-0.1, -0.05) is 53.5 Å². The predicted molar refractivity (Wildman–Crippen MR) is 90.0 cm³/mol. The van der Waals surface area contributed by atoms with Crippen LogP contribution in [0.2, 0.25) is 10.0 Å². The topological polar surface area (TPSA) is 27.8 Å². The lowest BCUT2D eigenvalue weighted by molar-refractivity contribution is 0.569. The summed E-state index contributed by atoms with van der Waals surface area (Å²) in [5, 5.41) is 6.09. The summed E-state index contributed by atoms with van der Waals surface area (Å²) in [6.07, 6.45) is 0. The molecule has 1 unspecified atom stereocenters. The SMILES string of the molecule is CC(NCc1[nH]c2ccccc2c1Cl)c1ccc(Cl)cc1. The van der Waals surface area contributed by atoms with Gasteiger partial charge in [0.25, 0.3) is 0 Å². The van der Waals surface area contributed by atoms with Crippen molar-refractivity contribution in [3.8, 4) is 0 Å². The number of benzene rings is 2. The smallest absolute Gasteiger partial charge is 0.0705 e. The third-order valence-electron chi connectivity index (χ3n) is 3.67. The highest BCUT2D eigenvalue weighted by Gasteiger charge is 2.10. The third kappa shape index (κ3) is 3.08.